The van der Waals surface area contributed by atoms with E-state index in [1.165, 1.54) is 24.3 Å². The summed E-state index contributed by atoms with van der Waals surface area (Å²) in [6.07, 6.45) is -3.00. The van der Waals surface area contributed by atoms with Gasteiger partial charge in [0.25, 0.3) is 0 Å². The first kappa shape index (κ1) is 14.3. The molecule has 0 aliphatic rings. The molecular formula is C14H10F3N3O2. The fraction of sp³-hybridized carbons (Fsp3) is 0.143. The van der Waals surface area contributed by atoms with E-state index < -0.39 is 6.36 Å². The molecule has 0 unspecified atom stereocenters. The zero-order chi connectivity index (χ0) is 15.7. The first-order chi connectivity index (χ1) is 10.5. The van der Waals surface area contributed by atoms with E-state index in [-0.39, 0.29) is 12.4 Å². The van der Waals surface area contributed by atoms with E-state index in [9.17, 15) is 18.3 Å². The van der Waals surface area contributed by atoms with E-state index in [2.05, 4.69) is 14.9 Å². The molecule has 8 heteroatoms. The van der Waals surface area contributed by atoms with Gasteiger partial charge >= 0.3 is 6.36 Å². The van der Waals surface area contributed by atoms with Crippen LogP contribution >= 0.6 is 0 Å². The van der Waals surface area contributed by atoms with Gasteiger partial charge in [0.2, 0.25) is 0 Å². The number of rotatable bonds is 3. The summed E-state index contributed by atoms with van der Waals surface area (Å²) >= 11 is 0. The number of hydrogen-bond donors (Lipinski definition) is 1. The van der Waals surface area contributed by atoms with Crippen molar-refractivity contribution < 1.29 is 23.0 Å². The van der Waals surface area contributed by atoms with E-state index in [4.69, 9.17) is 0 Å². The van der Waals surface area contributed by atoms with E-state index >= 15 is 0 Å². The van der Waals surface area contributed by atoms with Crippen molar-refractivity contribution in [2.24, 2.45) is 0 Å². The van der Waals surface area contributed by atoms with E-state index in [1.54, 1.807) is 22.7 Å². The molecule has 0 aliphatic heterocycles. The highest BCUT2D eigenvalue weighted by molar-refractivity contribution is 5.65. The molecule has 0 radical (unpaired) electrons. The summed E-state index contributed by atoms with van der Waals surface area (Å²) in [7, 11) is 0. The molecule has 0 aliphatic carbocycles. The monoisotopic (exact) mass is 309 g/mol. The number of benzene rings is 1. The van der Waals surface area contributed by atoms with Gasteiger partial charge in [0.05, 0.1) is 0 Å². The van der Waals surface area contributed by atoms with Crippen LogP contribution in [0.4, 0.5) is 13.2 Å². The normalized spacial score (nSPS) is 11.8. The minimum atomic E-state index is -4.71. The molecule has 2 aromatic heterocycles. The largest absolute Gasteiger partial charge is 0.573 e. The van der Waals surface area contributed by atoms with Gasteiger partial charge in [0.15, 0.2) is 11.5 Å². The molecule has 0 bridgehead atoms. The minimum absolute atomic E-state index is 0.261. The quantitative estimate of drug-likeness (QED) is 0.808. The Morgan fingerprint density at radius 3 is 2.32 bits per heavy atom. The number of ether oxygens (including phenoxy) is 1. The van der Waals surface area contributed by atoms with Crippen molar-refractivity contribution in [3.8, 4) is 16.9 Å². The third kappa shape index (κ3) is 2.86. The van der Waals surface area contributed by atoms with Crippen molar-refractivity contribution >= 4 is 5.65 Å². The number of hydrogen-bond acceptors (Lipinski definition) is 4. The summed E-state index contributed by atoms with van der Waals surface area (Å²) < 4.78 is 41.8. The van der Waals surface area contributed by atoms with Crippen LogP contribution in [0.3, 0.4) is 0 Å². The van der Waals surface area contributed by atoms with Gasteiger partial charge in [0, 0.05) is 6.20 Å². The molecule has 114 valence electrons. The first-order valence-corrected chi connectivity index (χ1v) is 6.27. The van der Waals surface area contributed by atoms with Crippen LogP contribution in [0.2, 0.25) is 0 Å². The summed E-state index contributed by atoms with van der Waals surface area (Å²) in [6.45, 7) is -0.261. The third-order valence-electron chi connectivity index (χ3n) is 3.04. The number of nitrogens with zero attached hydrogens (tertiary/aromatic N) is 3. The molecule has 5 nitrogen and oxygen atoms in total. The van der Waals surface area contributed by atoms with Gasteiger partial charge in [0.1, 0.15) is 12.4 Å². The molecule has 2 heterocycles. The minimum Gasteiger partial charge on any atom is -0.406 e. The summed E-state index contributed by atoms with van der Waals surface area (Å²) in [4.78, 5) is 0. The fourth-order valence-electron chi connectivity index (χ4n) is 2.07. The average molecular weight is 309 g/mol. The Kier molecular flexibility index (Phi) is 3.45. The summed E-state index contributed by atoms with van der Waals surface area (Å²) in [5.41, 5.74) is 2.03. The zero-order valence-corrected chi connectivity index (χ0v) is 11.1. The third-order valence-corrected chi connectivity index (χ3v) is 3.04. The van der Waals surface area contributed by atoms with Crippen LogP contribution in [-0.2, 0) is 6.61 Å². The highest BCUT2D eigenvalue weighted by atomic mass is 19.4. The molecule has 0 saturated carbocycles. The Labute approximate surface area is 122 Å². The highest BCUT2D eigenvalue weighted by Crippen LogP contribution is 2.26. The molecule has 22 heavy (non-hydrogen) atoms. The lowest BCUT2D eigenvalue weighted by Gasteiger charge is -2.09. The van der Waals surface area contributed by atoms with Gasteiger partial charge in [-0.2, -0.15) is 0 Å². The maximum Gasteiger partial charge on any atom is 0.573 e. The lowest BCUT2D eigenvalue weighted by molar-refractivity contribution is -0.274. The molecular weight excluding hydrogens is 299 g/mol. The number of pyridine rings is 1. The van der Waals surface area contributed by atoms with Crippen molar-refractivity contribution in [2.45, 2.75) is 13.0 Å². The molecule has 1 aromatic carbocycles. The van der Waals surface area contributed by atoms with Gasteiger partial charge in [-0.25, -0.2) is 0 Å². The number of aromatic nitrogens is 3. The maximum atomic E-state index is 12.1. The number of halogens is 3. The van der Waals surface area contributed by atoms with Crippen molar-refractivity contribution in [2.75, 3.05) is 0 Å². The van der Waals surface area contributed by atoms with Crippen LogP contribution in [-0.4, -0.2) is 26.1 Å². The van der Waals surface area contributed by atoms with Crippen LogP contribution < -0.4 is 4.74 Å². The number of aliphatic hydroxyl groups is 1. The van der Waals surface area contributed by atoms with Crippen molar-refractivity contribution in [1.82, 2.24) is 14.6 Å². The predicted molar refractivity (Wildman–Crippen MR) is 71.0 cm³/mol. The fourth-order valence-corrected chi connectivity index (χ4v) is 2.07. The van der Waals surface area contributed by atoms with Gasteiger partial charge in [-0.3, -0.25) is 4.40 Å². The SMILES string of the molecule is OCc1nnc2ccc(-c3ccc(OC(F)(F)F)cc3)cn12. The topological polar surface area (TPSA) is 59.7 Å². The van der Waals surface area contributed by atoms with E-state index in [0.29, 0.717) is 17.0 Å². The molecule has 0 saturated heterocycles. The second kappa shape index (κ2) is 5.30. The lowest BCUT2D eigenvalue weighted by Crippen LogP contribution is -2.16. The summed E-state index contributed by atoms with van der Waals surface area (Å²) in [6, 6.07) is 9.00. The van der Waals surface area contributed by atoms with Gasteiger partial charge in [-0.15, -0.1) is 23.4 Å². The lowest BCUT2D eigenvalue weighted by atomic mass is 10.1. The Hall–Kier alpha value is -2.61. The molecule has 3 rings (SSSR count). The van der Waals surface area contributed by atoms with E-state index in [0.717, 1.165) is 5.56 Å². The molecule has 0 fully saturated rings. The predicted octanol–water partition coefficient (Wildman–Crippen LogP) is 2.79. The number of alkyl halides is 3. The van der Waals surface area contributed by atoms with Crippen LogP contribution in [0.25, 0.3) is 16.8 Å². The Bertz CT molecular complexity index is 797. The van der Waals surface area contributed by atoms with Crippen LogP contribution in [0.15, 0.2) is 42.6 Å². The van der Waals surface area contributed by atoms with Crippen molar-refractivity contribution in [3.05, 3.63) is 48.4 Å². The van der Waals surface area contributed by atoms with E-state index in [1.807, 2.05) is 0 Å². The average Bonchev–Trinajstić information content (AvgIpc) is 2.88. The molecule has 0 atom stereocenters. The first-order valence-electron chi connectivity index (χ1n) is 6.27. The second-order valence-electron chi connectivity index (χ2n) is 4.49. The van der Waals surface area contributed by atoms with Gasteiger partial charge in [-0.05, 0) is 35.4 Å². The van der Waals surface area contributed by atoms with Crippen LogP contribution in [0.5, 0.6) is 5.75 Å². The highest BCUT2D eigenvalue weighted by Gasteiger charge is 2.30. The van der Waals surface area contributed by atoms with Gasteiger partial charge in [-0.1, -0.05) is 12.1 Å². The zero-order valence-electron chi connectivity index (χ0n) is 11.1. The molecule has 3 aromatic rings. The second-order valence-corrected chi connectivity index (χ2v) is 4.49. The van der Waals surface area contributed by atoms with Crippen LogP contribution in [0.1, 0.15) is 5.82 Å². The van der Waals surface area contributed by atoms with Crippen molar-refractivity contribution in [3.63, 3.8) is 0 Å². The summed E-state index contributed by atoms with van der Waals surface area (Å²) in [5, 5.41) is 16.9. The standard InChI is InChI=1S/C14H10F3N3O2/c15-14(16,17)22-11-4-1-9(2-5-11)10-3-6-12-18-19-13(8-21)20(12)7-10/h1-7,21H,8H2. The molecule has 0 amide bonds. The Morgan fingerprint density at radius 2 is 1.68 bits per heavy atom. The number of aliphatic hydroxyl groups excluding tert-OH is 1. The summed E-state index contributed by atoms with van der Waals surface area (Å²) in [5.74, 6) is 0.103. The van der Waals surface area contributed by atoms with Crippen LogP contribution in [0, 0.1) is 0 Å². The number of fused-ring (bicyclic) bond motifs is 1. The van der Waals surface area contributed by atoms with Gasteiger partial charge < -0.3 is 9.84 Å². The van der Waals surface area contributed by atoms with Crippen molar-refractivity contribution in [1.29, 1.82) is 0 Å². The molecule has 0 spiro atoms. The molecule has 1 N–H and O–H groups in total. The smallest absolute Gasteiger partial charge is 0.406 e. The Morgan fingerprint density at radius 1 is 1.00 bits per heavy atom. The Balaban J connectivity index is 1.93. The maximum absolute atomic E-state index is 12.1.